The maximum atomic E-state index is 9.16. The monoisotopic (exact) mass is 192 g/mol. The summed E-state index contributed by atoms with van der Waals surface area (Å²) in [4.78, 5) is 8.04. The van der Waals surface area contributed by atoms with Gasteiger partial charge in [-0.1, -0.05) is 0 Å². The number of hydrogen-bond donors (Lipinski definition) is 1. The average Bonchev–Trinajstić information content (AvgIpc) is 2.57. The van der Waals surface area contributed by atoms with Crippen LogP contribution in [0.25, 0.3) is 0 Å². The summed E-state index contributed by atoms with van der Waals surface area (Å²) < 4.78 is 0. The van der Waals surface area contributed by atoms with Crippen molar-refractivity contribution >= 4 is 11.3 Å². The molecule has 0 saturated heterocycles. The molecular weight excluding hydrogens is 184 g/mol. The molecule has 13 heavy (non-hydrogen) atoms. The lowest BCUT2D eigenvalue weighted by atomic mass is 10.2. The van der Waals surface area contributed by atoms with Crippen molar-refractivity contribution in [3.63, 3.8) is 0 Å². The standard InChI is InChI=1S/C9H8N2OS/c12-8-3-7(5-10-6-8)4-9-11-1-2-13-9/h1-3,5-6,12H,4H2. The van der Waals surface area contributed by atoms with Crippen molar-refractivity contribution in [2.45, 2.75) is 6.42 Å². The fourth-order valence-electron chi connectivity index (χ4n) is 1.09. The van der Waals surface area contributed by atoms with Crippen LogP contribution in [0.1, 0.15) is 10.6 Å². The minimum atomic E-state index is 0.203. The van der Waals surface area contributed by atoms with E-state index in [4.69, 9.17) is 5.11 Å². The van der Waals surface area contributed by atoms with Crippen LogP contribution in [0.15, 0.2) is 30.0 Å². The van der Waals surface area contributed by atoms with Gasteiger partial charge in [0.25, 0.3) is 0 Å². The molecule has 0 aromatic carbocycles. The van der Waals surface area contributed by atoms with Crippen LogP contribution < -0.4 is 0 Å². The summed E-state index contributed by atoms with van der Waals surface area (Å²) in [5.74, 6) is 0.203. The van der Waals surface area contributed by atoms with Crippen LogP contribution >= 0.6 is 11.3 Å². The molecule has 0 aliphatic heterocycles. The number of rotatable bonds is 2. The van der Waals surface area contributed by atoms with E-state index in [1.165, 1.54) is 6.20 Å². The predicted octanol–water partition coefficient (Wildman–Crippen LogP) is 1.83. The Hall–Kier alpha value is -1.42. The first kappa shape index (κ1) is 8.19. The molecule has 2 heterocycles. The van der Waals surface area contributed by atoms with Crippen molar-refractivity contribution in [2.75, 3.05) is 0 Å². The Bertz CT molecular complexity index is 386. The largest absolute Gasteiger partial charge is 0.506 e. The second-order valence-corrected chi connectivity index (χ2v) is 3.63. The molecule has 0 aliphatic rings. The van der Waals surface area contributed by atoms with Gasteiger partial charge in [0, 0.05) is 24.2 Å². The van der Waals surface area contributed by atoms with Gasteiger partial charge in [-0.05, 0) is 11.6 Å². The highest BCUT2D eigenvalue weighted by Crippen LogP contribution is 2.14. The Kier molecular flexibility index (Phi) is 2.23. The maximum Gasteiger partial charge on any atom is 0.134 e. The van der Waals surface area contributed by atoms with Crippen molar-refractivity contribution in [3.8, 4) is 5.75 Å². The van der Waals surface area contributed by atoms with Gasteiger partial charge in [-0.2, -0.15) is 0 Å². The average molecular weight is 192 g/mol. The second kappa shape index (κ2) is 3.53. The van der Waals surface area contributed by atoms with Crippen LogP contribution in [0.3, 0.4) is 0 Å². The zero-order valence-corrected chi connectivity index (χ0v) is 7.66. The number of thiazole rings is 1. The van der Waals surface area contributed by atoms with E-state index in [-0.39, 0.29) is 5.75 Å². The molecule has 2 aromatic heterocycles. The summed E-state index contributed by atoms with van der Waals surface area (Å²) in [6.45, 7) is 0. The molecule has 3 nitrogen and oxygen atoms in total. The van der Waals surface area contributed by atoms with E-state index in [0.29, 0.717) is 0 Å². The molecule has 0 saturated carbocycles. The van der Waals surface area contributed by atoms with E-state index in [1.54, 1.807) is 29.8 Å². The van der Waals surface area contributed by atoms with Gasteiger partial charge < -0.3 is 5.11 Å². The summed E-state index contributed by atoms with van der Waals surface area (Å²) in [5.41, 5.74) is 0.981. The molecule has 0 unspecified atom stereocenters. The zero-order valence-electron chi connectivity index (χ0n) is 6.84. The van der Waals surface area contributed by atoms with Crippen molar-refractivity contribution in [1.82, 2.24) is 9.97 Å². The number of aromatic nitrogens is 2. The Morgan fingerprint density at radius 2 is 2.31 bits per heavy atom. The van der Waals surface area contributed by atoms with Crippen molar-refractivity contribution in [3.05, 3.63) is 40.6 Å². The van der Waals surface area contributed by atoms with Gasteiger partial charge in [-0.25, -0.2) is 4.98 Å². The first-order valence-electron chi connectivity index (χ1n) is 3.86. The van der Waals surface area contributed by atoms with Crippen molar-refractivity contribution in [2.24, 2.45) is 0 Å². The summed E-state index contributed by atoms with van der Waals surface area (Å²) in [6, 6.07) is 1.70. The molecular formula is C9H8N2OS. The molecule has 0 amide bonds. The third-order valence-electron chi connectivity index (χ3n) is 1.62. The molecule has 0 bridgehead atoms. The lowest BCUT2D eigenvalue weighted by Crippen LogP contribution is -1.87. The van der Waals surface area contributed by atoms with E-state index in [2.05, 4.69) is 9.97 Å². The van der Waals surface area contributed by atoms with E-state index < -0.39 is 0 Å². The molecule has 0 fully saturated rings. The first-order chi connectivity index (χ1) is 6.34. The molecule has 2 aromatic rings. The van der Waals surface area contributed by atoms with Gasteiger partial charge in [0.2, 0.25) is 0 Å². The Morgan fingerprint density at radius 1 is 1.38 bits per heavy atom. The molecule has 1 N–H and O–H groups in total. The third-order valence-corrected chi connectivity index (χ3v) is 2.40. The highest BCUT2D eigenvalue weighted by atomic mass is 32.1. The highest BCUT2D eigenvalue weighted by molar-refractivity contribution is 7.09. The molecule has 0 aliphatic carbocycles. The van der Waals surface area contributed by atoms with Crippen LogP contribution in [0.4, 0.5) is 0 Å². The van der Waals surface area contributed by atoms with Crippen LogP contribution in [0.2, 0.25) is 0 Å². The fourth-order valence-corrected chi connectivity index (χ4v) is 1.74. The Labute approximate surface area is 79.7 Å². The van der Waals surface area contributed by atoms with Gasteiger partial charge in [0.15, 0.2) is 0 Å². The van der Waals surface area contributed by atoms with Crippen LogP contribution in [0.5, 0.6) is 5.75 Å². The number of hydrogen-bond acceptors (Lipinski definition) is 4. The number of nitrogens with zero attached hydrogens (tertiary/aromatic N) is 2. The quantitative estimate of drug-likeness (QED) is 0.789. The fraction of sp³-hybridized carbons (Fsp3) is 0.111. The number of aromatic hydroxyl groups is 1. The number of pyridine rings is 1. The first-order valence-corrected chi connectivity index (χ1v) is 4.74. The molecule has 0 spiro atoms. The van der Waals surface area contributed by atoms with Gasteiger partial charge in [0.05, 0.1) is 11.2 Å². The Balaban J connectivity index is 2.19. The molecule has 2 rings (SSSR count). The van der Waals surface area contributed by atoms with E-state index >= 15 is 0 Å². The lowest BCUT2D eigenvalue weighted by molar-refractivity contribution is 0.472. The Morgan fingerprint density at radius 3 is 3.00 bits per heavy atom. The van der Waals surface area contributed by atoms with Crippen LogP contribution in [-0.2, 0) is 6.42 Å². The van der Waals surface area contributed by atoms with E-state index in [9.17, 15) is 0 Å². The van der Waals surface area contributed by atoms with E-state index in [1.807, 2.05) is 5.38 Å². The predicted molar refractivity (Wildman–Crippen MR) is 50.8 cm³/mol. The smallest absolute Gasteiger partial charge is 0.134 e. The van der Waals surface area contributed by atoms with Crippen LogP contribution in [0, 0.1) is 0 Å². The van der Waals surface area contributed by atoms with Gasteiger partial charge >= 0.3 is 0 Å². The molecule has 4 heteroatoms. The normalized spacial score (nSPS) is 10.2. The highest BCUT2D eigenvalue weighted by Gasteiger charge is 1.99. The van der Waals surface area contributed by atoms with Gasteiger partial charge in [0.1, 0.15) is 5.75 Å². The molecule has 0 radical (unpaired) electrons. The van der Waals surface area contributed by atoms with Gasteiger partial charge in [-0.3, -0.25) is 4.98 Å². The topological polar surface area (TPSA) is 46.0 Å². The summed E-state index contributed by atoms with van der Waals surface area (Å²) in [7, 11) is 0. The molecule has 0 atom stereocenters. The SMILES string of the molecule is Oc1cncc(Cc2nccs2)c1. The van der Waals surface area contributed by atoms with E-state index in [0.717, 1.165) is 17.0 Å². The molecule has 66 valence electrons. The minimum absolute atomic E-state index is 0.203. The minimum Gasteiger partial charge on any atom is -0.506 e. The van der Waals surface area contributed by atoms with Crippen molar-refractivity contribution in [1.29, 1.82) is 0 Å². The second-order valence-electron chi connectivity index (χ2n) is 2.65. The summed E-state index contributed by atoms with van der Waals surface area (Å²) in [5, 5.41) is 12.1. The maximum absolute atomic E-state index is 9.16. The van der Waals surface area contributed by atoms with Crippen molar-refractivity contribution < 1.29 is 5.11 Å². The summed E-state index contributed by atoms with van der Waals surface area (Å²) >= 11 is 1.60. The third kappa shape index (κ3) is 2.03. The van der Waals surface area contributed by atoms with Gasteiger partial charge in [-0.15, -0.1) is 11.3 Å². The van der Waals surface area contributed by atoms with Crippen LogP contribution in [-0.4, -0.2) is 15.1 Å². The summed E-state index contributed by atoms with van der Waals surface area (Å²) in [6.07, 6.45) is 5.67. The lowest BCUT2D eigenvalue weighted by Gasteiger charge is -1.97. The zero-order chi connectivity index (χ0) is 9.10.